The van der Waals surface area contributed by atoms with Crippen LogP contribution in [0, 0.1) is 18.6 Å². The Morgan fingerprint density at radius 3 is 2.50 bits per heavy atom. The smallest absolute Gasteiger partial charge is 0.406 e. The lowest BCUT2D eigenvalue weighted by Gasteiger charge is -2.25. The van der Waals surface area contributed by atoms with Crippen LogP contribution in [0.25, 0.3) is 10.9 Å². The number of likely N-dealkylation sites (tertiary alicyclic amines) is 1. The molecule has 1 aliphatic rings. The van der Waals surface area contributed by atoms with E-state index in [-0.39, 0.29) is 10.9 Å². The van der Waals surface area contributed by atoms with E-state index in [2.05, 4.69) is 4.98 Å². The van der Waals surface area contributed by atoms with Crippen LogP contribution in [-0.4, -0.2) is 35.0 Å². The molecule has 6 nitrogen and oxygen atoms in total. The number of rotatable bonds is 2. The average Bonchev–Trinajstić information content (AvgIpc) is 2.93. The van der Waals surface area contributed by atoms with Crippen molar-refractivity contribution in [1.29, 1.82) is 0 Å². The summed E-state index contributed by atoms with van der Waals surface area (Å²) in [7, 11) is 0. The van der Waals surface area contributed by atoms with E-state index in [1.54, 1.807) is 6.92 Å². The second-order valence-electron chi connectivity index (χ2n) is 5.85. The number of primary amides is 1. The number of fused-ring (bicyclic) bond motifs is 1. The second kappa shape index (κ2) is 6.10. The third-order valence-electron chi connectivity index (χ3n) is 4.11. The maximum atomic E-state index is 14.4. The van der Waals surface area contributed by atoms with E-state index >= 15 is 0 Å². The largest absolute Gasteiger partial charge is 0.415 e. The third-order valence-corrected chi connectivity index (χ3v) is 4.11. The molecule has 0 unspecified atom stereocenters. The molecule has 1 aromatic carbocycles. The number of aromatic nitrogens is 1. The summed E-state index contributed by atoms with van der Waals surface area (Å²) in [6.07, 6.45) is 1.96. The van der Waals surface area contributed by atoms with Crippen molar-refractivity contribution in [3.8, 4) is 5.75 Å². The highest BCUT2D eigenvalue weighted by Gasteiger charge is 2.28. The SMILES string of the molecule is Cc1cc2c(OC(=O)N3CCCCC3)c(F)c(F)c(C(N)=O)c2[nH]1. The first-order chi connectivity index (χ1) is 11.4. The van der Waals surface area contributed by atoms with Crippen molar-refractivity contribution in [2.75, 3.05) is 13.1 Å². The molecule has 1 fully saturated rings. The van der Waals surface area contributed by atoms with Gasteiger partial charge in [0.15, 0.2) is 11.6 Å². The molecule has 3 N–H and O–H groups in total. The lowest BCUT2D eigenvalue weighted by Crippen LogP contribution is -2.37. The van der Waals surface area contributed by atoms with Crippen LogP contribution in [0.2, 0.25) is 0 Å². The van der Waals surface area contributed by atoms with Crippen molar-refractivity contribution >= 4 is 22.9 Å². The van der Waals surface area contributed by atoms with E-state index in [1.165, 1.54) is 11.0 Å². The van der Waals surface area contributed by atoms with Crippen LogP contribution in [0.1, 0.15) is 35.3 Å². The van der Waals surface area contributed by atoms with E-state index in [9.17, 15) is 18.4 Å². The van der Waals surface area contributed by atoms with Gasteiger partial charge in [-0.05, 0) is 32.3 Å². The minimum atomic E-state index is -1.43. The molecule has 3 rings (SSSR count). The van der Waals surface area contributed by atoms with Gasteiger partial charge in [0.1, 0.15) is 5.56 Å². The number of benzene rings is 1. The molecule has 0 saturated carbocycles. The van der Waals surface area contributed by atoms with E-state index < -0.39 is 34.9 Å². The summed E-state index contributed by atoms with van der Waals surface area (Å²) in [5, 5.41) is 0.102. The van der Waals surface area contributed by atoms with Crippen molar-refractivity contribution < 1.29 is 23.1 Å². The first-order valence-corrected chi connectivity index (χ1v) is 7.67. The highest BCUT2D eigenvalue weighted by Crippen LogP contribution is 2.35. The lowest BCUT2D eigenvalue weighted by atomic mass is 10.1. The summed E-state index contributed by atoms with van der Waals surface area (Å²) in [5.41, 5.74) is 5.12. The Balaban J connectivity index is 2.07. The number of nitrogens with zero attached hydrogens (tertiary/aromatic N) is 1. The predicted molar refractivity (Wildman–Crippen MR) is 82.9 cm³/mol. The molecule has 1 saturated heterocycles. The number of ether oxygens (including phenoxy) is 1. The molecule has 2 amide bonds. The number of carbonyl (C=O) groups is 2. The van der Waals surface area contributed by atoms with Gasteiger partial charge >= 0.3 is 6.09 Å². The van der Waals surface area contributed by atoms with Crippen molar-refractivity contribution in [1.82, 2.24) is 9.88 Å². The van der Waals surface area contributed by atoms with Crippen LogP contribution in [0.3, 0.4) is 0 Å². The second-order valence-corrected chi connectivity index (χ2v) is 5.85. The van der Waals surface area contributed by atoms with Crippen LogP contribution < -0.4 is 10.5 Å². The van der Waals surface area contributed by atoms with Crippen LogP contribution in [0.4, 0.5) is 13.6 Å². The van der Waals surface area contributed by atoms with Gasteiger partial charge in [-0.25, -0.2) is 9.18 Å². The maximum absolute atomic E-state index is 14.4. The molecule has 2 heterocycles. The topological polar surface area (TPSA) is 88.4 Å². The molecule has 0 radical (unpaired) electrons. The zero-order valence-corrected chi connectivity index (χ0v) is 13.1. The molecule has 0 aliphatic carbocycles. The number of nitrogens with two attached hydrogens (primary N) is 1. The number of piperidine rings is 1. The van der Waals surface area contributed by atoms with E-state index in [0.29, 0.717) is 18.8 Å². The predicted octanol–water partition coefficient (Wildman–Crippen LogP) is 2.84. The molecule has 24 heavy (non-hydrogen) atoms. The Hall–Kier alpha value is -2.64. The first kappa shape index (κ1) is 16.2. The monoisotopic (exact) mass is 337 g/mol. The highest BCUT2D eigenvalue weighted by atomic mass is 19.2. The van der Waals surface area contributed by atoms with Gasteiger partial charge in [0.05, 0.1) is 5.52 Å². The van der Waals surface area contributed by atoms with Gasteiger partial charge in [-0.1, -0.05) is 0 Å². The molecule has 0 bridgehead atoms. The molecule has 1 aliphatic heterocycles. The van der Waals surface area contributed by atoms with Crippen LogP contribution in [-0.2, 0) is 0 Å². The zero-order chi connectivity index (χ0) is 17.4. The van der Waals surface area contributed by atoms with Crippen molar-refractivity contribution in [2.24, 2.45) is 5.73 Å². The fraction of sp³-hybridized carbons (Fsp3) is 0.375. The van der Waals surface area contributed by atoms with Crippen LogP contribution >= 0.6 is 0 Å². The number of carbonyl (C=O) groups excluding carboxylic acids is 2. The Bertz CT molecular complexity index is 826. The van der Waals surface area contributed by atoms with Crippen molar-refractivity contribution in [2.45, 2.75) is 26.2 Å². The maximum Gasteiger partial charge on any atom is 0.415 e. The molecule has 0 atom stereocenters. The fourth-order valence-electron chi connectivity index (χ4n) is 2.96. The Labute approximate surface area is 136 Å². The summed E-state index contributed by atoms with van der Waals surface area (Å²) in [4.78, 5) is 27.9. The van der Waals surface area contributed by atoms with Gasteiger partial charge in [-0.2, -0.15) is 4.39 Å². The number of aromatic amines is 1. The van der Waals surface area contributed by atoms with Crippen LogP contribution in [0.15, 0.2) is 6.07 Å². The van der Waals surface area contributed by atoms with Crippen LogP contribution in [0.5, 0.6) is 5.75 Å². The third kappa shape index (κ3) is 2.68. The Morgan fingerprint density at radius 1 is 1.21 bits per heavy atom. The van der Waals surface area contributed by atoms with E-state index in [4.69, 9.17) is 10.5 Å². The summed E-state index contributed by atoms with van der Waals surface area (Å²) >= 11 is 0. The number of aryl methyl sites for hydroxylation is 1. The zero-order valence-electron chi connectivity index (χ0n) is 13.1. The summed E-state index contributed by atoms with van der Waals surface area (Å²) in [6.45, 7) is 2.67. The van der Waals surface area contributed by atoms with Gasteiger partial charge in [0, 0.05) is 24.2 Å². The minimum absolute atomic E-state index is 0.0142. The molecular formula is C16H17F2N3O3. The minimum Gasteiger partial charge on any atom is -0.406 e. The number of H-pyrrole nitrogens is 1. The summed E-state index contributed by atoms with van der Waals surface area (Å²) < 4.78 is 33.8. The van der Waals surface area contributed by atoms with Gasteiger partial charge in [0.2, 0.25) is 5.82 Å². The fourth-order valence-corrected chi connectivity index (χ4v) is 2.96. The molecular weight excluding hydrogens is 320 g/mol. The van der Waals surface area contributed by atoms with Gasteiger partial charge < -0.3 is 20.4 Å². The van der Waals surface area contributed by atoms with Gasteiger partial charge in [-0.3, -0.25) is 4.79 Å². The molecule has 8 heteroatoms. The number of hydrogen-bond acceptors (Lipinski definition) is 3. The molecule has 0 spiro atoms. The molecule has 2 aromatic rings. The quantitative estimate of drug-likeness (QED) is 0.883. The molecule has 128 valence electrons. The highest BCUT2D eigenvalue weighted by molar-refractivity contribution is 6.07. The first-order valence-electron chi connectivity index (χ1n) is 7.67. The lowest BCUT2D eigenvalue weighted by molar-refractivity contribution is 0.0997. The number of hydrogen-bond donors (Lipinski definition) is 2. The molecule has 1 aromatic heterocycles. The summed E-state index contributed by atoms with van der Waals surface area (Å²) in [5.74, 6) is -4.47. The van der Waals surface area contributed by atoms with Crippen molar-refractivity contribution in [3.63, 3.8) is 0 Å². The number of nitrogens with one attached hydrogen (secondary N) is 1. The Kier molecular flexibility index (Phi) is 4.13. The standard InChI is InChI=1S/C16H17F2N3O3/c1-8-7-9-13(20-8)10(15(19)22)11(17)12(18)14(9)24-16(23)21-5-3-2-4-6-21/h7,20H,2-6H2,1H3,(H2,19,22). The summed E-state index contributed by atoms with van der Waals surface area (Å²) in [6, 6.07) is 1.48. The number of halogens is 2. The average molecular weight is 337 g/mol. The Morgan fingerprint density at radius 2 is 1.88 bits per heavy atom. The van der Waals surface area contributed by atoms with E-state index in [1.807, 2.05) is 0 Å². The van der Waals surface area contributed by atoms with Gasteiger partial charge in [-0.15, -0.1) is 0 Å². The van der Waals surface area contributed by atoms with Crippen molar-refractivity contribution in [3.05, 3.63) is 29.0 Å². The van der Waals surface area contributed by atoms with E-state index in [0.717, 1.165) is 19.3 Å². The normalized spacial score (nSPS) is 14.9. The van der Waals surface area contributed by atoms with Gasteiger partial charge in [0.25, 0.3) is 5.91 Å². The number of amides is 2.